The largest absolute Gasteiger partial charge is 0.479 e. The van der Waals surface area contributed by atoms with Crippen molar-refractivity contribution in [1.82, 2.24) is 5.48 Å². The van der Waals surface area contributed by atoms with Crippen molar-refractivity contribution < 1.29 is 19.5 Å². The van der Waals surface area contributed by atoms with Crippen LogP contribution < -0.4 is 10.8 Å². The van der Waals surface area contributed by atoms with Gasteiger partial charge in [-0.1, -0.05) is 29.3 Å². The summed E-state index contributed by atoms with van der Waals surface area (Å²) in [6.07, 6.45) is 0. The van der Waals surface area contributed by atoms with E-state index in [4.69, 9.17) is 28.3 Å². The van der Waals surface area contributed by atoms with Crippen LogP contribution in [-0.4, -0.2) is 23.7 Å². The molecule has 1 rings (SSSR count). The zero-order valence-corrected chi connectivity index (χ0v) is 10.8. The van der Waals surface area contributed by atoms with Crippen molar-refractivity contribution in [2.75, 3.05) is 11.9 Å². The lowest BCUT2D eigenvalue weighted by atomic mass is 10.2. The molecular formula is C10H10Cl2N2O4. The molecule has 98 valence electrons. The summed E-state index contributed by atoms with van der Waals surface area (Å²) in [4.78, 5) is 25.9. The zero-order chi connectivity index (χ0) is 13.7. The second-order valence-corrected chi connectivity index (χ2v) is 4.08. The van der Waals surface area contributed by atoms with E-state index in [2.05, 4.69) is 10.2 Å². The molecule has 0 unspecified atom stereocenters. The summed E-state index contributed by atoms with van der Waals surface area (Å²) in [5.41, 5.74) is 2.86. The molecule has 0 spiro atoms. The Morgan fingerprint density at radius 2 is 2.06 bits per heavy atom. The second kappa shape index (κ2) is 6.44. The Labute approximate surface area is 113 Å². The zero-order valence-electron chi connectivity index (χ0n) is 9.29. The van der Waals surface area contributed by atoms with Crippen LogP contribution in [0.15, 0.2) is 12.1 Å². The standard InChI is InChI=1S/C10H10Cl2N2O4/c1-5-2-3-6(11)9(8(5)12)13-10(17)14-18-4-7(15)16/h2-3H,4H2,1H3,(H,15,16)(H2,13,14,17). The number of hydroxylamine groups is 1. The Kier molecular flexibility index (Phi) is 5.21. The molecule has 0 fully saturated rings. The van der Waals surface area contributed by atoms with Gasteiger partial charge in [0.1, 0.15) is 0 Å². The summed E-state index contributed by atoms with van der Waals surface area (Å²) in [5, 5.41) is 11.2. The van der Waals surface area contributed by atoms with Gasteiger partial charge in [0.25, 0.3) is 0 Å². The minimum atomic E-state index is -1.21. The molecular weight excluding hydrogens is 283 g/mol. The number of anilines is 1. The van der Waals surface area contributed by atoms with Gasteiger partial charge in [-0.2, -0.15) is 0 Å². The molecule has 0 aliphatic carbocycles. The number of hydrogen-bond acceptors (Lipinski definition) is 3. The van der Waals surface area contributed by atoms with E-state index in [-0.39, 0.29) is 10.7 Å². The fraction of sp³-hybridized carbons (Fsp3) is 0.200. The van der Waals surface area contributed by atoms with Crippen molar-refractivity contribution in [2.45, 2.75) is 6.92 Å². The molecule has 0 bridgehead atoms. The van der Waals surface area contributed by atoms with Crippen molar-refractivity contribution in [2.24, 2.45) is 0 Å². The third-order valence-corrected chi connectivity index (χ3v) is 2.69. The Morgan fingerprint density at radius 3 is 2.67 bits per heavy atom. The van der Waals surface area contributed by atoms with E-state index < -0.39 is 18.6 Å². The highest BCUT2D eigenvalue weighted by atomic mass is 35.5. The number of hydrogen-bond donors (Lipinski definition) is 3. The molecule has 6 nitrogen and oxygen atoms in total. The Bertz CT molecular complexity index is 479. The van der Waals surface area contributed by atoms with E-state index in [0.717, 1.165) is 5.56 Å². The van der Waals surface area contributed by atoms with Gasteiger partial charge in [0.05, 0.1) is 15.7 Å². The van der Waals surface area contributed by atoms with Crippen LogP contribution in [0.3, 0.4) is 0 Å². The van der Waals surface area contributed by atoms with E-state index in [1.165, 1.54) is 0 Å². The van der Waals surface area contributed by atoms with Crippen molar-refractivity contribution in [3.8, 4) is 0 Å². The molecule has 0 atom stereocenters. The third-order valence-electron chi connectivity index (χ3n) is 1.88. The van der Waals surface area contributed by atoms with Crippen LogP contribution in [0.25, 0.3) is 0 Å². The summed E-state index contributed by atoms with van der Waals surface area (Å²) in [6.45, 7) is 1.10. The lowest BCUT2D eigenvalue weighted by Crippen LogP contribution is -2.31. The van der Waals surface area contributed by atoms with E-state index >= 15 is 0 Å². The number of carbonyl (C=O) groups is 2. The lowest BCUT2D eigenvalue weighted by Gasteiger charge is -2.11. The van der Waals surface area contributed by atoms with E-state index in [1.807, 2.05) is 5.48 Å². The highest BCUT2D eigenvalue weighted by Gasteiger charge is 2.11. The number of rotatable bonds is 4. The first-order chi connectivity index (χ1) is 8.41. The maximum atomic E-state index is 11.4. The minimum Gasteiger partial charge on any atom is -0.479 e. The number of halogens is 2. The van der Waals surface area contributed by atoms with Crippen LogP contribution in [0, 0.1) is 6.92 Å². The number of carbonyl (C=O) groups excluding carboxylic acids is 1. The van der Waals surface area contributed by atoms with Crippen LogP contribution in [-0.2, 0) is 9.63 Å². The van der Waals surface area contributed by atoms with E-state index in [9.17, 15) is 9.59 Å². The highest BCUT2D eigenvalue weighted by molar-refractivity contribution is 6.40. The maximum absolute atomic E-state index is 11.4. The number of carboxylic acids is 1. The predicted molar refractivity (Wildman–Crippen MR) is 66.9 cm³/mol. The molecule has 0 saturated carbocycles. The van der Waals surface area contributed by atoms with Gasteiger partial charge in [0.15, 0.2) is 6.61 Å². The first-order valence-electron chi connectivity index (χ1n) is 4.77. The van der Waals surface area contributed by atoms with Gasteiger partial charge in [0, 0.05) is 0 Å². The molecule has 1 aromatic carbocycles. The second-order valence-electron chi connectivity index (χ2n) is 3.29. The predicted octanol–water partition coefficient (Wildman–Crippen LogP) is 2.44. The van der Waals surface area contributed by atoms with Gasteiger partial charge < -0.3 is 10.4 Å². The first-order valence-corrected chi connectivity index (χ1v) is 5.52. The summed E-state index contributed by atoms with van der Waals surface area (Å²) in [6, 6.07) is 2.51. The van der Waals surface area contributed by atoms with Crippen LogP contribution in [0.5, 0.6) is 0 Å². The number of aliphatic carboxylic acids is 1. The summed E-state index contributed by atoms with van der Waals surface area (Å²) < 4.78 is 0. The molecule has 1 aromatic rings. The monoisotopic (exact) mass is 292 g/mol. The third kappa shape index (κ3) is 4.06. The number of amides is 2. The number of nitrogens with one attached hydrogen (secondary N) is 2. The van der Waals surface area contributed by atoms with Gasteiger partial charge in [-0.05, 0) is 18.6 Å². The number of urea groups is 1. The summed E-state index contributed by atoms with van der Waals surface area (Å²) in [5.74, 6) is -1.21. The lowest BCUT2D eigenvalue weighted by molar-refractivity contribution is -0.143. The molecule has 0 saturated heterocycles. The van der Waals surface area contributed by atoms with Crippen LogP contribution in [0.4, 0.5) is 10.5 Å². The van der Waals surface area contributed by atoms with Crippen LogP contribution in [0.2, 0.25) is 10.0 Å². The first kappa shape index (κ1) is 14.6. The molecule has 8 heteroatoms. The van der Waals surface area contributed by atoms with Crippen molar-refractivity contribution >= 4 is 40.9 Å². The molecule has 3 N–H and O–H groups in total. The van der Waals surface area contributed by atoms with Gasteiger partial charge >= 0.3 is 12.0 Å². The van der Waals surface area contributed by atoms with Gasteiger partial charge in [-0.15, -0.1) is 0 Å². The molecule has 0 heterocycles. The maximum Gasteiger partial charge on any atom is 0.343 e. The molecule has 18 heavy (non-hydrogen) atoms. The summed E-state index contributed by atoms with van der Waals surface area (Å²) in [7, 11) is 0. The van der Waals surface area contributed by atoms with Crippen LogP contribution >= 0.6 is 23.2 Å². The molecule has 0 aliphatic heterocycles. The topological polar surface area (TPSA) is 87.7 Å². The van der Waals surface area contributed by atoms with Crippen LogP contribution in [0.1, 0.15) is 5.56 Å². The quantitative estimate of drug-likeness (QED) is 0.744. The van der Waals surface area contributed by atoms with Gasteiger partial charge in [0.2, 0.25) is 0 Å². The minimum absolute atomic E-state index is 0.231. The van der Waals surface area contributed by atoms with Gasteiger partial charge in [-0.3, -0.25) is 4.84 Å². The SMILES string of the molecule is Cc1ccc(Cl)c(NC(=O)NOCC(=O)O)c1Cl. The molecule has 2 amide bonds. The fourth-order valence-corrected chi connectivity index (χ4v) is 1.54. The van der Waals surface area contributed by atoms with Gasteiger partial charge in [-0.25, -0.2) is 15.1 Å². The molecule has 0 aromatic heterocycles. The van der Waals surface area contributed by atoms with Crippen molar-refractivity contribution in [3.05, 3.63) is 27.7 Å². The molecule has 0 radical (unpaired) electrons. The number of carboxylic acid groups (broad SMARTS) is 1. The average molecular weight is 293 g/mol. The average Bonchev–Trinajstić information content (AvgIpc) is 2.29. The highest BCUT2D eigenvalue weighted by Crippen LogP contribution is 2.32. The van der Waals surface area contributed by atoms with E-state index in [1.54, 1.807) is 19.1 Å². The smallest absolute Gasteiger partial charge is 0.343 e. The molecule has 0 aliphatic rings. The van der Waals surface area contributed by atoms with E-state index in [0.29, 0.717) is 5.02 Å². The Morgan fingerprint density at radius 1 is 1.39 bits per heavy atom. The number of benzene rings is 1. The normalized spacial score (nSPS) is 9.94. The fourth-order valence-electron chi connectivity index (χ4n) is 1.07. The number of aryl methyl sites for hydroxylation is 1. The Balaban J connectivity index is 2.65. The van der Waals surface area contributed by atoms with Crippen molar-refractivity contribution in [3.63, 3.8) is 0 Å². The van der Waals surface area contributed by atoms with Crippen molar-refractivity contribution in [1.29, 1.82) is 0 Å². The Hall–Kier alpha value is -1.50. The summed E-state index contributed by atoms with van der Waals surface area (Å²) >= 11 is 11.8.